The summed E-state index contributed by atoms with van der Waals surface area (Å²) < 4.78 is 10.6. The van der Waals surface area contributed by atoms with Crippen molar-refractivity contribution in [3.05, 3.63) is 28.8 Å². The van der Waals surface area contributed by atoms with Crippen LogP contribution in [0.5, 0.6) is 5.75 Å². The standard InChI is InChI=1S/C12H18ClNO2/c1-3-15-8-16-12-5-4-11(13)7-10(12)6-9(2)14/h4-5,7,9H,3,6,8,14H2,1-2H3. The van der Waals surface area contributed by atoms with Gasteiger partial charge in [0.2, 0.25) is 0 Å². The van der Waals surface area contributed by atoms with Gasteiger partial charge in [-0.25, -0.2) is 0 Å². The molecule has 2 N–H and O–H groups in total. The van der Waals surface area contributed by atoms with Crippen molar-refractivity contribution in [3.8, 4) is 5.75 Å². The molecule has 0 saturated heterocycles. The van der Waals surface area contributed by atoms with E-state index in [1.54, 1.807) is 6.07 Å². The Labute approximate surface area is 101 Å². The third-order valence-electron chi connectivity index (χ3n) is 2.07. The monoisotopic (exact) mass is 243 g/mol. The lowest BCUT2D eigenvalue weighted by Crippen LogP contribution is -2.18. The molecule has 4 heteroatoms. The molecule has 0 saturated carbocycles. The van der Waals surface area contributed by atoms with Crippen molar-refractivity contribution in [2.75, 3.05) is 13.4 Å². The van der Waals surface area contributed by atoms with Crippen LogP contribution in [0.25, 0.3) is 0 Å². The third kappa shape index (κ3) is 4.39. The van der Waals surface area contributed by atoms with Crippen LogP contribution in [0.2, 0.25) is 5.02 Å². The molecule has 1 aromatic carbocycles. The van der Waals surface area contributed by atoms with Crippen molar-refractivity contribution < 1.29 is 9.47 Å². The molecule has 0 aromatic heterocycles. The molecule has 0 bridgehead atoms. The Morgan fingerprint density at radius 1 is 1.44 bits per heavy atom. The second-order valence-corrected chi connectivity index (χ2v) is 4.12. The Kier molecular flexibility index (Phi) is 5.60. The number of halogens is 1. The zero-order valence-corrected chi connectivity index (χ0v) is 10.5. The van der Waals surface area contributed by atoms with Crippen LogP contribution in [0.15, 0.2) is 18.2 Å². The summed E-state index contributed by atoms with van der Waals surface area (Å²) in [5.74, 6) is 0.787. The van der Waals surface area contributed by atoms with E-state index >= 15 is 0 Å². The van der Waals surface area contributed by atoms with Crippen LogP contribution < -0.4 is 10.5 Å². The van der Waals surface area contributed by atoms with Crippen molar-refractivity contribution in [2.24, 2.45) is 5.73 Å². The highest BCUT2D eigenvalue weighted by Crippen LogP contribution is 2.24. The Bertz CT molecular complexity index is 329. The largest absolute Gasteiger partial charge is 0.467 e. The van der Waals surface area contributed by atoms with Crippen LogP contribution in [0.1, 0.15) is 19.4 Å². The first kappa shape index (κ1) is 13.3. The van der Waals surface area contributed by atoms with E-state index in [1.807, 2.05) is 26.0 Å². The molecule has 1 unspecified atom stereocenters. The Morgan fingerprint density at radius 3 is 2.81 bits per heavy atom. The summed E-state index contributed by atoms with van der Waals surface area (Å²) in [5, 5.41) is 0.694. The van der Waals surface area contributed by atoms with Crippen molar-refractivity contribution in [2.45, 2.75) is 26.3 Å². The van der Waals surface area contributed by atoms with E-state index in [2.05, 4.69) is 0 Å². The number of nitrogens with two attached hydrogens (primary N) is 1. The summed E-state index contributed by atoms with van der Waals surface area (Å²) >= 11 is 5.93. The smallest absolute Gasteiger partial charge is 0.189 e. The van der Waals surface area contributed by atoms with Crippen molar-refractivity contribution >= 4 is 11.6 Å². The summed E-state index contributed by atoms with van der Waals surface area (Å²) in [6.07, 6.45) is 0.738. The predicted molar refractivity (Wildman–Crippen MR) is 65.9 cm³/mol. The predicted octanol–water partition coefficient (Wildman–Crippen LogP) is 2.60. The molecule has 0 aliphatic rings. The van der Waals surface area contributed by atoms with Gasteiger partial charge in [-0.1, -0.05) is 11.6 Å². The highest BCUT2D eigenvalue weighted by atomic mass is 35.5. The average Bonchev–Trinajstić information content (AvgIpc) is 2.20. The summed E-state index contributed by atoms with van der Waals surface area (Å²) in [5.41, 5.74) is 6.78. The zero-order valence-electron chi connectivity index (χ0n) is 9.70. The zero-order chi connectivity index (χ0) is 12.0. The average molecular weight is 244 g/mol. The van der Waals surface area contributed by atoms with Gasteiger partial charge in [-0.3, -0.25) is 0 Å². The Balaban J connectivity index is 2.72. The summed E-state index contributed by atoms with van der Waals surface area (Å²) in [4.78, 5) is 0. The van der Waals surface area contributed by atoms with E-state index in [4.69, 9.17) is 26.8 Å². The molecule has 0 fully saturated rings. The fourth-order valence-electron chi connectivity index (χ4n) is 1.38. The minimum atomic E-state index is 0.0768. The van der Waals surface area contributed by atoms with Gasteiger partial charge in [0.1, 0.15) is 5.75 Å². The molecule has 16 heavy (non-hydrogen) atoms. The number of benzene rings is 1. The lowest BCUT2D eigenvalue weighted by molar-refractivity contribution is 0.0218. The number of rotatable bonds is 6. The molecule has 0 aliphatic heterocycles. The molecule has 1 atom stereocenters. The van der Waals surface area contributed by atoms with Gasteiger partial charge in [0.25, 0.3) is 0 Å². The molecule has 0 heterocycles. The second-order valence-electron chi connectivity index (χ2n) is 3.69. The van der Waals surface area contributed by atoms with Gasteiger partial charge in [0.05, 0.1) is 0 Å². The Hall–Kier alpha value is -0.770. The molecule has 0 aliphatic carbocycles. The maximum atomic E-state index is 5.93. The van der Waals surface area contributed by atoms with Gasteiger partial charge in [-0.15, -0.1) is 0 Å². The minimum absolute atomic E-state index is 0.0768. The topological polar surface area (TPSA) is 44.5 Å². The van der Waals surface area contributed by atoms with Crippen LogP contribution in [-0.2, 0) is 11.2 Å². The minimum Gasteiger partial charge on any atom is -0.467 e. The van der Waals surface area contributed by atoms with Gasteiger partial charge in [0.15, 0.2) is 6.79 Å². The van der Waals surface area contributed by atoms with Gasteiger partial charge in [0, 0.05) is 17.7 Å². The van der Waals surface area contributed by atoms with Crippen LogP contribution >= 0.6 is 11.6 Å². The number of ether oxygens (including phenoxy) is 2. The SMILES string of the molecule is CCOCOc1ccc(Cl)cc1CC(C)N. The van der Waals surface area contributed by atoms with Crippen LogP contribution in [0.3, 0.4) is 0 Å². The molecule has 90 valence electrons. The summed E-state index contributed by atoms with van der Waals surface area (Å²) in [6.45, 7) is 4.77. The van der Waals surface area contributed by atoms with Gasteiger partial charge < -0.3 is 15.2 Å². The highest BCUT2D eigenvalue weighted by Gasteiger charge is 2.07. The van der Waals surface area contributed by atoms with E-state index in [-0.39, 0.29) is 12.8 Å². The highest BCUT2D eigenvalue weighted by molar-refractivity contribution is 6.30. The number of hydrogen-bond acceptors (Lipinski definition) is 3. The molecule has 0 radical (unpaired) electrons. The molecular formula is C12H18ClNO2. The first-order valence-corrected chi connectivity index (χ1v) is 5.75. The molecule has 1 aromatic rings. The summed E-state index contributed by atoms with van der Waals surface area (Å²) in [6, 6.07) is 5.60. The van der Waals surface area contributed by atoms with Crippen LogP contribution in [0, 0.1) is 0 Å². The molecular weight excluding hydrogens is 226 g/mol. The van der Waals surface area contributed by atoms with Crippen molar-refractivity contribution in [1.29, 1.82) is 0 Å². The fraction of sp³-hybridized carbons (Fsp3) is 0.500. The summed E-state index contributed by atoms with van der Waals surface area (Å²) in [7, 11) is 0. The quantitative estimate of drug-likeness (QED) is 0.617. The van der Waals surface area contributed by atoms with Gasteiger partial charge >= 0.3 is 0 Å². The molecule has 0 amide bonds. The normalized spacial score (nSPS) is 12.5. The second kappa shape index (κ2) is 6.74. The van der Waals surface area contributed by atoms with Crippen molar-refractivity contribution in [3.63, 3.8) is 0 Å². The van der Waals surface area contributed by atoms with Crippen LogP contribution in [0.4, 0.5) is 0 Å². The molecule has 0 spiro atoms. The lowest BCUT2D eigenvalue weighted by atomic mass is 10.1. The number of hydrogen-bond donors (Lipinski definition) is 1. The molecule has 3 nitrogen and oxygen atoms in total. The van der Waals surface area contributed by atoms with Gasteiger partial charge in [-0.05, 0) is 44.0 Å². The van der Waals surface area contributed by atoms with Crippen molar-refractivity contribution in [1.82, 2.24) is 0 Å². The van der Waals surface area contributed by atoms with E-state index in [0.717, 1.165) is 17.7 Å². The first-order chi connectivity index (χ1) is 7.63. The van der Waals surface area contributed by atoms with Crippen LogP contribution in [-0.4, -0.2) is 19.4 Å². The maximum absolute atomic E-state index is 5.93. The van der Waals surface area contributed by atoms with E-state index < -0.39 is 0 Å². The van der Waals surface area contributed by atoms with E-state index in [0.29, 0.717) is 11.6 Å². The van der Waals surface area contributed by atoms with E-state index in [9.17, 15) is 0 Å². The lowest BCUT2D eigenvalue weighted by Gasteiger charge is -2.13. The van der Waals surface area contributed by atoms with Gasteiger partial charge in [-0.2, -0.15) is 0 Å². The first-order valence-electron chi connectivity index (χ1n) is 5.38. The fourth-order valence-corrected chi connectivity index (χ4v) is 1.58. The van der Waals surface area contributed by atoms with E-state index in [1.165, 1.54) is 0 Å². The Morgan fingerprint density at radius 2 is 2.19 bits per heavy atom. The maximum Gasteiger partial charge on any atom is 0.189 e. The molecule has 1 rings (SSSR count). The third-order valence-corrected chi connectivity index (χ3v) is 2.30.